The molecule has 2 aliphatic rings. The molecule has 0 radical (unpaired) electrons. The van der Waals surface area contributed by atoms with Crippen LogP contribution in [0.25, 0.3) is 0 Å². The van der Waals surface area contributed by atoms with Crippen molar-refractivity contribution in [2.75, 3.05) is 31.6 Å². The van der Waals surface area contributed by atoms with Crippen LogP contribution >= 0.6 is 0 Å². The van der Waals surface area contributed by atoms with Crippen LogP contribution in [0.5, 0.6) is 11.5 Å². The van der Waals surface area contributed by atoms with E-state index in [9.17, 15) is 9.59 Å². The van der Waals surface area contributed by atoms with E-state index in [2.05, 4.69) is 39.1 Å². The number of carbonyl (C=O) groups is 1. The van der Waals surface area contributed by atoms with Gasteiger partial charge in [0.25, 0.3) is 5.91 Å². The average molecular weight is 477 g/mol. The highest BCUT2D eigenvalue weighted by molar-refractivity contribution is 5.92. The first-order valence-corrected chi connectivity index (χ1v) is 12.3. The molecule has 35 heavy (non-hydrogen) atoms. The average Bonchev–Trinajstić information content (AvgIpc) is 3.56. The van der Waals surface area contributed by atoms with Crippen molar-refractivity contribution in [1.82, 2.24) is 14.9 Å². The fraction of sp³-hybridized carbons (Fsp3) is 0.407. The summed E-state index contributed by atoms with van der Waals surface area (Å²) in [5, 5.41) is 0. The molecule has 8 heteroatoms. The molecule has 1 saturated carbocycles. The maximum atomic E-state index is 13.3. The van der Waals surface area contributed by atoms with Crippen LogP contribution in [0.2, 0.25) is 0 Å². The van der Waals surface area contributed by atoms with Crippen LogP contribution in [0.15, 0.2) is 59.5 Å². The molecule has 1 aliphatic heterocycles. The van der Waals surface area contributed by atoms with Crippen LogP contribution in [-0.4, -0.2) is 59.7 Å². The van der Waals surface area contributed by atoms with Gasteiger partial charge in [-0.2, -0.15) is 0 Å². The maximum absolute atomic E-state index is 13.3. The van der Waals surface area contributed by atoms with Gasteiger partial charge in [0.15, 0.2) is 11.5 Å². The molecule has 1 aromatic heterocycles. The molecule has 0 unspecified atom stereocenters. The summed E-state index contributed by atoms with van der Waals surface area (Å²) in [6.45, 7) is 1.90. The van der Waals surface area contributed by atoms with Gasteiger partial charge in [0.05, 0.1) is 19.3 Å². The number of aromatic amines is 2. The molecule has 1 atom stereocenters. The zero-order valence-corrected chi connectivity index (χ0v) is 20.0. The van der Waals surface area contributed by atoms with Crippen molar-refractivity contribution in [3.05, 3.63) is 76.5 Å². The summed E-state index contributed by atoms with van der Waals surface area (Å²) in [6.07, 6.45) is 6.98. The van der Waals surface area contributed by atoms with Crippen molar-refractivity contribution in [2.45, 2.75) is 44.2 Å². The number of benzene rings is 2. The Balaban J connectivity index is 1.39. The first-order chi connectivity index (χ1) is 17.1. The maximum Gasteiger partial charge on any atom is 0.323 e. The molecule has 2 aromatic carbocycles. The predicted molar refractivity (Wildman–Crippen MR) is 134 cm³/mol. The first-order valence-electron chi connectivity index (χ1n) is 12.3. The minimum Gasteiger partial charge on any atom is -0.493 e. The number of rotatable bonds is 7. The Bertz CT molecular complexity index is 1200. The van der Waals surface area contributed by atoms with E-state index in [0.29, 0.717) is 25.3 Å². The molecular formula is C27H32N4O4. The van der Waals surface area contributed by atoms with Crippen molar-refractivity contribution < 1.29 is 14.3 Å². The molecule has 1 aliphatic carbocycles. The van der Waals surface area contributed by atoms with Crippen molar-refractivity contribution in [1.29, 1.82) is 0 Å². The number of amides is 1. The van der Waals surface area contributed by atoms with Crippen molar-refractivity contribution in [2.24, 2.45) is 0 Å². The predicted octanol–water partition coefficient (Wildman–Crippen LogP) is 3.61. The zero-order chi connectivity index (χ0) is 24.2. The van der Waals surface area contributed by atoms with Crippen LogP contribution < -0.4 is 20.1 Å². The number of hydrogen-bond donors (Lipinski definition) is 2. The minimum absolute atomic E-state index is 0.0571. The molecule has 1 amide bonds. The summed E-state index contributed by atoms with van der Waals surface area (Å²) in [7, 11) is 1.67. The standard InChI is InChI=1S/C27H32N4O4/c1-34-24-12-11-20(16-25(24)35-22-9-5-6-10-22)30-13-14-31(26(32)23-17-28-27(33)29-23)21(18-30)15-19-7-3-2-4-8-19/h2-4,7-8,11-12,16-17,21-22H,5-6,9-10,13-15,18H2,1H3,(H2,28,29,33)/t21-/m0/s1. The smallest absolute Gasteiger partial charge is 0.323 e. The van der Waals surface area contributed by atoms with Crippen molar-refractivity contribution in [3.8, 4) is 11.5 Å². The lowest BCUT2D eigenvalue weighted by Gasteiger charge is -2.42. The number of H-pyrrole nitrogens is 2. The van der Waals surface area contributed by atoms with Crippen LogP contribution in [0.3, 0.4) is 0 Å². The Hall–Kier alpha value is -3.68. The summed E-state index contributed by atoms with van der Waals surface area (Å²) < 4.78 is 11.9. The molecule has 5 rings (SSSR count). The normalized spacial score (nSPS) is 18.6. The number of methoxy groups -OCH3 is 1. The molecule has 0 spiro atoms. The lowest BCUT2D eigenvalue weighted by atomic mass is 10.0. The van der Waals surface area contributed by atoms with E-state index < -0.39 is 0 Å². The van der Waals surface area contributed by atoms with E-state index in [-0.39, 0.29) is 23.7 Å². The van der Waals surface area contributed by atoms with Gasteiger partial charge in [-0.25, -0.2) is 4.79 Å². The fourth-order valence-electron chi connectivity index (χ4n) is 5.16. The summed E-state index contributed by atoms with van der Waals surface area (Å²) >= 11 is 0. The summed E-state index contributed by atoms with van der Waals surface area (Å²) in [5.74, 6) is 1.36. The third-order valence-corrected chi connectivity index (χ3v) is 6.99. The molecular weight excluding hydrogens is 444 g/mol. The number of nitrogens with zero attached hydrogens (tertiary/aromatic N) is 2. The monoisotopic (exact) mass is 476 g/mol. The molecule has 8 nitrogen and oxygen atoms in total. The number of aromatic nitrogens is 2. The zero-order valence-electron chi connectivity index (χ0n) is 20.0. The fourth-order valence-corrected chi connectivity index (χ4v) is 5.16. The molecule has 184 valence electrons. The van der Waals surface area contributed by atoms with Crippen molar-refractivity contribution >= 4 is 11.6 Å². The summed E-state index contributed by atoms with van der Waals surface area (Å²) in [6, 6.07) is 16.2. The Morgan fingerprint density at radius 2 is 1.86 bits per heavy atom. The van der Waals surface area contributed by atoms with Gasteiger partial charge in [-0.1, -0.05) is 30.3 Å². The second-order valence-corrected chi connectivity index (χ2v) is 9.30. The second-order valence-electron chi connectivity index (χ2n) is 9.30. The van der Waals surface area contributed by atoms with Gasteiger partial charge in [-0.3, -0.25) is 4.79 Å². The topological polar surface area (TPSA) is 90.7 Å². The highest BCUT2D eigenvalue weighted by Crippen LogP contribution is 2.36. The number of ether oxygens (including phenoxy) is 2. The Morgan fingerprint density at radius 1 is 1.06 bits per heavy atom. The third kappa shape index (κ3) is 5.21. The first kappa shape index (κ1) is 23.1. The van der Waals surface area contributed by atoms with Gasteiger partial charge in [-0.15, -0.1) is 0 Å². The van der Waals surface area contributed by atoms with Gasteiger partial charge in [-0.05, 0) is 49.8 Å². The van der Waals surface area contributed by atoms with Crippen LogP contribution in [-0.2, 0) is 6.42 Å². The summed E-state index contributed by atoms with van der Waals surface area (Å²) in [5.41, 5.74) is 2.14. The molecule has 2 N–H and O–H groups in total. The Labute approximate surface area is 204 Å². The van der Waals surface area contributed by atoms with E-state index in [0.717, 1.165) is 36.4 Å². The number of carbonyl (C=O) groups excluding carboxylic acids is 1. The largest absolute Gasteiger partial charge is 0.493 e. The Morgan fingerprint density at radius 3 is 2.57 bits per heavy atom. The van der Waals surface area contributed by atoms with Crippen LogP contribution in [0.4, 0.5) is 5.69 Å². The van der Waals surface area contributed by atoms with Gasteiger partial charge in [0.2, 0.25) is 0 Å². The van der Waals surface area contributed by atoms with E-state index in [1.165, 1.54) is 24.6 Å². The highest BCUT2D eigenvalue weighted by Gasteiger charge is 2.32. The number of piperazine rings is 1. The molecule has 0 bridgehead atoms. The van der Waals surface area contributed by atoms with E-state index in [1.807, 2.05) is 29.2 Å². The second kappa shape index (κ2) is 10.3. The summed E-state index contributed by atoms with van der Waals surface area (Å²) in [4.78, 5) is 34.2. The number of imidazole rings is 1. The lowest BCUT2D eigenvalue weighted by molar-refractivity contribution is 0.0650. The van der Waals surface area contributed by atoms with E-state index in [4.69, 9.17) is 9.47 Å². The molecule has 2 heterocycles. The number of hydrogen-bond acceptors (Lipinski definition) is 5. The van der Waals surface area contributed by atoms with Crippen molar-refractivity contribution in [3.63, 3.8) is 0 Å². The molecule has 1 saturated heterocycles. The van der Waals surface area contributed by atoms with Crippen LogP contribution in [0.1, 0.15) is 41.7 Å². The molecule has 2 fully saturated rings. The third-order valence-electron chi connectivity index (χ3n) is 6.99. The van der Waals surface area contributed by atoms with Crippen LogP contribution in [0, 0.1) is 0 Å². The van der Waals surface area contributed by atoms with E-state index >= 15 is 0 Å². The van der Waals surface area contributed by atoms with Gasteiger partial charge >= 0.3 is 5.69 Å². The Kier molecular flexibility index (Phi) is 6.79. The van der Waals surface area contributed by atoms with Gasteiger partial charge in [0, 0.05) is 37.6 Å². The minimum atomic E-state index is -0.375. The number of nitrogens with one attached hydrogen (secondary N) is 2. The van der Waals surface area contributed by atoms with Gasteiger partial charge < -0.3 is 29.2 Å². The van der Waals surface area contributed by atoms with E-state index in [1.54, 1.807) is 7.11 Å². The highest BCUT2D eigenvalue weighted by atomic mass is 16.5. The molecule has 3 aromatic rings. The number of anilines is 1. The quantitative estimate of drug-likeness (QED) is 0.544. The van der Waals surface area contributed by atoms with Gasteiger partial charge in [0.1, 0.15) is 5.69 Å². The lowest BCUT2D eigenvalue weighted by Crippen LogP contribution is -2.56. The SMILES string of the molecule is COc1ccc(N2CCN(C(=O)c3c[nH]c(=O)[nH]3)[C@@H](Cc3ccccc3)C2)cc1OC1CCCC1.